The van der Waals surface area contributed by atoms with Crippen LogP contribution in [0.4, 0.5) is 13.2 Å². The van der Waals surface area contributed by atoms with Crippen LogP contribution in [0.15, 0.2) is 12.1 Å². The fourth-order valence-corrected chi connectivity index (χ4v) is 3.34. The first kappa shape index (κ1) is 12.8. The highest BCUT2D eigenvalue weighted by molar-refractivity contribution is 8.00. The maximum Gasteiger partial charge on any atom is 0.194 e. The first-order valence-corrected chi connectivity index (χ1v) is 6.49. The van der Waals surface area contributed by atoms with E-state index in [4.69, 9.17) is 0 Å². The van der Waals surface area contributed by atoms with E-state index in [1.807, 2.05) is 0 Å². The van der Waals surface area contributed by atoms with Crippen molar-refractivity contribution >= 4 is 11.8 Å². The maximum absolute atomic E-state index is 13.7. The van der Waals surface area contributed by atoms with E-state index in [1.165, 1.54) is 11.8 Å². The van der Waals surface area contributed by atoms with Gasteiger partial charge in [0, 0.05) is 10.8 Å². The van der Waals surface area contributed by atoms with Crippen LogP contribution in [-0.4, -0.2) is 16.1 Å². The highest BCUT2D eigenvalue weighted by Gasteiger charge is 2.41. The summed E-state index contributed by atoms with van der Waals surface area (Å²) in [6, 6.07) is 1.99. The Balaban J connectivity index is 2.49. The van der Waals surface area contributed by atoms with Crippen LogP contribution >= 0.6 is 11.8 Å². The fourth-order valence-electron chi connectivity index (χ4n) is 2.16. The lowest BCUT2D eigenvalue weighted by atomic mass is 9.85. The van der Waals surface area contributed by atoms with Crippen LogP contribution in [0.5, 0.6) is 0 Å². The topological polar surface area (TPSA) is 20.2 Å². The maximum atomic E-state index is 13.7. The third-order valence-corrected chi connectivity index (χ3v) is 4.66. The molecule has 1 aliphatic rings. The number of benzene rings is 1. The molecule has 1 aromatic carbocycles. The van der Waals surface area contributed by atoms with Crippen LogP contribution < -0.4 is 0 Å². The van der Waals surface area contributed by atoms with Crippen molar-refractivity contribution in [1.82, 2.24) is 0 Å². The normalized spacial score (nSPS) is 29.4. The SMILES string of the molecule is CC1SCCCC1(O)c1ccc(F)c(F)c1F. The van der Waals surface area contributed by atoms with Crippen LogP contribution in [0.3, 0.4) is 0 Å². The minimum absolute atomic E-state index is 0.142. The summed E-state index contributed by atoms with van der Waals surface area (Å²) in [4.78, 5) is 0. The van der Waals surface area contributed by atoms with E-state index in [0.717, 1.165) is 24.3 Å². The molecule has 0 radical (unpaired) electrons. The Morgan fingerprint density at radius 2 is 2.00 bits per heavy atom. The van der Waals surface area contributed by atoms with Gasteiger partial charge >= 0.3 is 0 Å². The molecule has 17 heavy (non-hydrogen) atoms. The molecular weight excluding hydrogens is 249 g/mol. The summed E-state index contributed by atoms with van der Waals surface area (Å²) in [7, 11) is 0. The quantitative estimate of drug-likeness (QED) is 0.784. The molecule has 0 aliphatic carbocycles. The summed E-state index contributed by atoms with van der Waals surface area (Å²) in [5, 5.41) is 10.2. The monoisotopic (exact) mass is 262 g/mol. The minimum Gasteiger partial charge on any atom is -0.384 e. The molecular formula is C12H13F3OS. The van der Waals surface area contributed by atoms with Crippen LogP contribution in [0.2, 0.25) is 0 Å². The number of thioether (sulfide) groups is 1. The van der Waals surface area contributed by atoms with E-state index < -0.39 is 23.1 Å². The zero-order valence-corrected chi connectivity index (χ0v) is 10.2. The lowest BCUT2D eigenvalue weighted by Crippen LogP contribution is -2.39. The summed E-state index contributed by atoms with van der Waals surface area (Å²) in [5.41, 5.74) is -1.56. The predicted molar refractivity (Wildman–Crippen MR) is 61.4 cm³/mol. The van der Waals surface area contributed by atoms with Crippen molar-refractivity contribution in [3.8, 4) is 0 Å². The molecule has 0 amide bonds. The van der Waals surface area contributed by atoms with Crippen molar-refractivity contribution in [3.63, 3.8) is 0 Å². The van der Waals surface area contributed by atoms with Gasteiger partial charge in [0.15, 0.2) is 17.5 Å². The Labute approximate surface area is 102 Å². The van der Waals surface area contributed by atoms with Gasteiger partial charge in [-0.25, -0.2) is 13.2 Å². The summed E-state index contributed by atoms with van der Waals surface area (Å²) in [6.07, 6.45) is 1.09. The molecule has 0 aromatic heterocycles. The molecule has 1 fully saturated rings. The van der Waals surface area contributed by atoms with Gasteiger partial charge in [-0.3, -0.25) is 0 Å². The lowest BCUT2D eigenvalue weighted by molar-refractivity contribution is 0.0211. The van der Waals surface area contributed by atoms with Crippen LogP contribution in [0.25, 0.3) is 0 Å². The molecule has 1 saturated heterocycles. The van der Waals surface area contributed by atoms with E-state index in [0.29, 0.717) is 6.42 Å². The number of aliphatic hydroxyl groups is 1. The molecule has 0 bridgehead atoms. The largest absolute Gasteiger partial charge is 0.384 e. The summed E-state index contributed by atoms with van der Waals surface area (Å²) >= 11 is 1.51. The first-order chi connectivity index (χ1) is 7.97. The van der Waals surface area contributed by atoms with E-state index in [-0.39, 0.29) is 10.8 Å². The molecule has 1 aromatic rings. The molecule has 2 rings (SSSR count). The highest BCUT2D eigenvalue weighted by atomic mass is 32.2. The number of hydrogen-bond donors (Lipinski definition) is 1. The zero-order valence-electron chi connectivity index (χ0n) is 9.34. The van der Waals surface area contributed by atoms with Gasteiger partial charge in [0.2, 0.25) is 0 Å². The van der Waals surface area contributed by atoms with Gasteiger partial charge in [-0.1, -0.05) is 13.0 Å². The minimum atomic E-state index is -1.52. The summed E-state index contributed by atoms with van der Waals surface area (Å²) in [5.74, 6) is -3.14. The average molecular weight is 262 g/mol. The van der Waals surface area contributed by atoms with Crippen molar-refractivity contribution in [3.05, 3.63) is 35.1 Å². The van der Waals surface area contributed by atoms with Crippen LogP contribution in [-0.2, 0) is 5.60 Å². The summed E-state index contributed by atoms with van der Waals surface area (Å²) in [6.45, 7) is 1.77. The van der Waals surface area contributed by atoms with Gasteiger partial charge in [-0.05, 0) is 24.7 Å². The average Bonchev–Trinajstić information content (AvgIpc) is 2.30. The Morgan fingerprint density at radius 1 is 1.29 bits per heavy atom. The van der Waals surface area contributed by atoms with Gasteiger partial charge in [-0.15, -0.1) is 0 Å². The second-order valence-corrected chi connectivity index (χ2v) is 5.71. The third kappa shape index (κ3) is 2.06. The molecule has 0 spiro atoms. The second-order valence-electron chi connectivity index (χ2n) is 4.26. The third-order valence-electron chi connectivity index (χ3n) is 3.24. The Morgan fingerprint density at radius 3 is 2.65 bits per heavy atom. The van der Waals surface area contributed by atoms with E-state index in [9.17, 15) is 18.3 Å². The Kier molecular flexibility index (Phi) is 3.41. The molecule has 1 aliphatic heterocycles. The molecule has 0 saturated carbocycles. The molecule has 1 N–H and O–H groups in total. The van der Waals surface area contributed by atoms with Crippen molar-refractivity contribution in [2.24, 2.45) is 0 Å². The second kappa shape index (κ2) is 4.53. The van der Waals surface area contributed by atoms with Crippen molar-refractivity contribution in [1.29, 1.82) is 0 Å². The van der Waals surface area contributed by atoms with Gasteiger partial charge in [0.25, 0.3) is 0 Å². The zero-order chi connectivity index (χ0) is 12.6. The summed E-state index contributed by atoms with van der Waals surface area (Å²) < 4.78 is 39.7. The lowest BCUT2D eigenvalue weighted by Gasteiger charge is -2.38. The Hall–Kier alpha value is -0.680. The van der Waals surface area contributed by atoms with Crippen LogP contribution in [0, 0.1) is 17.5 Å². The van der Waals surface area contributed by atoms with Crippen molar-refractivity contribution in [2.75, 3.05) is 5.75 Å². The number of hydrogen-bond acceptors (Lipinski definition) is 2. The van der Waals surface area contributed by atoms with E-state index >= 15 is 0 Å². The van der Waals surface area contributed by atoms with Crippen molar-refractivity contribution < 1.29 is 18.3 Å². The predicted octanol–water partition coefficient (Wildman–Crippen LogP) is 3.21. The molecule has 2 unspecified atom stereocenters. The van der Waals surface area contributed by atoms with E-state index in [1.54, 1.807) is 6.92 Å². The van der Waals surface area contributed by atoms with Crippen LogP contribution in [0.1, 0.15) is 25.3 Å². The molecule has 94 valence electrons. The smallest absolute Gasteiger partial charge is 0.194 e. The number of halogens is 3. The molecule has 1 nitrogen and oxygen atoms in total. The first-order valence-electron chi connectivity index (χ1n) is 5.45. The molecule has 5 heteroatoms. The van der Waals surface area contributed by atoms with Gasteiger partial charge in [0.1, 0.15) is 5.60 Å². The van der Waals surface area contributed by atoms with Gasteiger partial charge in [-0.2, -0.15) is 11.8 Å². The van der Waals surface area contributed by atoms with E-state index in [2.05, 4.69) is 0 Å². The molecule has 1 heterocycles. The fraction of sp³-hybridized carbons (Fsp3) is 0.500. The van der Waals surface area contributed by atoms with Gasteiger partial charge in [0.05, 0.1) is 0 Å². The van der Waals surface area contributed by atoms with Gasteiger partial charge < -0.3 is 5.11 Å². The standard InChI is InChI=1S/C12H13F3OS/c1-7-12(16,5-2-6-17-7)8-3-4-9(13)11(15)10(8)14/h3-4,7,16H,2,5-6H2,1H3. The Bertz CT molecular complexity index is 438. The molecule has 2 atom stereocenters. The van der Waals surface area contributed by atoms with Crippen molar-refractivity contribution in [2.45, 2.75) is 30.6 Å². The number of rotatable bonds is 1. The highest BCUT2D eigenvalue weighted by Crippen LogP contribution is 2.42.